The van der Waals surface area contributed by atoms with Crippen molar-refractivity contribution in [1.82, 2.24) is 0 Å². The Kier molecular flexibility index (Phi) is 3.11. The van der Waals surface area contributed by atoms with Gasteiger partial charge >= 0.3 is 0 Å². The molecule has 0 radical (unpaired) electrons. The minimum absolute atomic E-state index is 0.0987. The normalized spacial score (nSPS) is 14.4. The third kappa shape index (κ3) is 1.94. The number of halogens is 2. The molecule has 1 heterocycles. The highest BCUT2D eigenvalue weighted by atomic mass is 19.3. The van der Waals surface area contributed by atoms with E-state index < -0.39 is 5.92 Å². The van der Waals surface area contributed by atoms with Crippen LogP contribution in [0.15, 0.2) is 54.7 Å². The van der Waals surface area contributed by atoms with Gasteiger partial charge in [-0.25, -0.2) is 4.57 Å². The van der Waals surface area contributed by atoms with Crippen molar-refractivity contribution in [3.63, 3.8) is 0 Å². The summed E-state index contributed by atoms with van der Waals surface area (Å²) >= 11 is 0. The van der Waals surface area contributed by atoms with Gasteiger partial charge in [0.1, 0.15) is 7.05 Å². The first-order valence-electron chi connectivity index (χ1n) is 7.99. The Labute approximate surface area is 140 Å². The number of pyridine rings is 1. The van der Waals surface area contributed by atoms with E-state index in [9.17, 15) is 0 Å². The van der Waals surface area contributed by atoms with Crippen LogP contribution in [-0.2, 0) is 13.0 Å². The summed E-state index contributed by atoms with van der Waals surface area (Å²) in [6.07, 6.45) is 1.97. The van der Waals surface area contributed by atoms with Crippen LogP contribution in [0.5, 0.6) is 0 Å². The van der Waals surface area contributed by atoms with Gasteiger partial charge in [0.15, 0.2) is 6.20 Å². The van der Waals surface area contributed by atoms with Crippen molar-refractivity contribution >= 4 is 0 Å². The van der Waals surface area contributed by atoms with Gasteiger partial charge in [0.05, 0.1) is 5.56 Å². The fourth-order valence-electron chi connectivity index (χ4n) is 3.72. The van der Waals surface area contributed by atoms with Crippen LogP contribution >= 0.6 is 0 Å². The topological polar surface area (TPSA) is 3.88 Å². The van der Waals surface area contributed by atoms with E-state index in [1.807, 2.05) is 62.0 Å². The first-order valence-corrected chi connectivity index (χ1v) is 7.99. The smallest absolute Gasteiger partial charge is 0.201 e. The molecular weight excluding hydrogens is 304 g/mol. The molecular formula is C21H18F2N+. The fourth-order valence-corrected chi connectivity index (χ4v) is 3.72. The van der Waals surface area contributed by atoms with E-state index in [0.717, 1.165) is 16.8 Å². The maximum Gasteiger partial charge on any atom is 0.300 e. The summed E-state index contributed by atoms with van der Waals surface area (Å²) in [5.41, 5.74) is 4.90. The SMILES string of the molecule is Cc1ccc(-c2c(C)ccc3c2C(F)(F)c2ccccc2-3)[n+](C)c1. The van der Waals surface area contributed by atoms with Crippen LogP contribution < -0.4 is 4.57 Å². The van der Waals surface area contributed by atoms with E-state index in [4.69, 9.17) is 0 Å². The number of nitrogens with zero attached hydrogens (tertiary/aromatic N) is 1. The van der Waals surface area contributed by atoms with Crippen LogP contribution in [0.25, 0.3) is 22.4 Å². The fraction of sp³-hybridized carbons (Fsp3) is 0.190. The molecule has 0 atom stereocenters. The lowest BCUT2D eigenvalue weighted by Gasteiger charge is -2.17. The van der Waals surface area contributed by atoms with Gasteiger partial charge in [-0.3, -0.25) is 0 Å². The molecule has 1 nitrogen and oxygen atoms in total. The molecule has 2 aromatic carbocycles. The number of hydrogen-bond acceptors (Lipinski definition) is 0. The molecule has 0 spiro atoms. The summed E-state index contributed by atoms with van der Waals surface area (Å²) < 4.78 is 32.4. The largest absolute Gasteiger partial charge is 0.300 e. The standard InChI is InChI=1S/C21H18F2N/c1-13-8-11-18(24(3)12-13)19-14(2)9-10-16-15-6-4-5-7-17(15)21(22,23)20(16)19/h4-12H,1-3H3/q+1. The van der Waals surface area contributed by atoms with Crippen molar-refractivity contribution in [3.8, 4) is 22.4 Å². The summed E-state index contributed by atoms with van der Waals surface area (Å²) in [4.78, 5) is 0. The Balaban J connectivity index is 2.09. The van der Waals surface area contributed by atoms with Gasteiger partial charge in [-0.15, -0.1) is 0 Å². The van der Waals surface area contributed by atoms with Crippen molar-refractivity contribution in [2.75, 3.05) is 0 Å². The van der Waals surface area contributed by atoms with Crippen LogP contribution in [0, 0.1) is 13.8 Å². The van der Waals surface area contributed by atoms with E-state index in [1.54, 1.807) is 12.1 Å². The van der Waals surface area contributed by atoms with Crippen molar-refractivity contribution in [2.24, 2.45) is 7.05 Å². The van der Waals surface area contributed by atoms with Crippen LogP contribution in [0.4, 0.5) is 8.78 Å². The van der Waals surface area contributed by atoms with Crippen LogP contribution in [0.3, 0.4) is 0 Å². The van der Waals surface area contributed by atoms with E-state index in [2.05, 4.69) is 0 Å². The third-order valence-corrected chi connectivity index (χ3v) is 4.82. The molecule has 24 heavy (non-hydrogen) atoms. The van der Waals surface area contributed by atoms with Crippen molar-refractivity contribution in [1.29, 1.82) is 0 Å². The summed E-state index contributed by atoms with van der Waals surface area (Å²) in [6.45, 7) is 3.89. The summed E-state index contributed by atoms with van der Waals surface area (Å²) in [6, 6.07) is 14.5. The second kappa shape index (κ2) is 4.97. The Hall–Kier alpha value is -2.55. The first kappa shape index (κ1) is 15.0. The quantitative estimate of drug-likeness (QED) is 0.560. The first-order chi connectivity index (χ1) is 11.4. The average Bonchev–Trinajstić information content (AvgIpc) is 2.77. The maximum atomic E-state index is 15.3. The molecule has 0 fully saturated rings. The molecule has 0 bridgehead atoms. The summed E-state index contributed by atoms with van der Waals surface area (Å²) in [5.74, 6) is -2.98. The van der Waals surface area contributed by atoms with Gasteiger partial charge in [0.2, 0.25) is 5.69 Å². The second-order valence-corrected chi connectivity index (χ2v) is 6.50. The van der Waals surface area contributed by atoms with Gasteiger partial charge in [-0.05, 0) is 36.6 Å². The zero-order valence-electron chi connectivity index (χ0n) is 13.9. The molecule has 0 amide bonds. The molecule has 0 N–H and O–H groups in total. The number of alkyl halides is 2. The lowest BCUT2D eigenvalue weighted by atomic mass is 9.92. The van der Waals surface area contributed by atoms with Gasteiger partial charge in [0.25, 0.3) is 5.92 Å². The molecule has 1 aromatic heterocycles. The lowest BCUT2D eigenvalue weighted by Crippen LogP contribution is -2.32. The predicted octanol–water partition coefficient (Wildman–Crippen LogP) is 4.92. The zero-order chi connectivity index (χ0) is 17.1. The van der Waals surface area contributed by atoms with Crippen LogP contribution in [-0.4, -0.2) is 0 Å². The molecule has 3 aromatic rings. The molecule has 3 heteroatoms. The van der Waals surface area contributed by atoms with Crippen LogP contribution in [0.1, 0.15) is 22.3 Å². The van der Waals surface area contributed by atoms with Crippen LogP contribution in [0.2, 0.25) is 0 Å². The molecule has 1 aliphatic carbocycles. The minimum Gasteiger partial charge on any atom is -0.201 e. The monoisotopic (exact) mass is 322 g/mol. The van der Waals surface area contributed by atoms with Crippen molar-refractivity contribution in [2.45, 2.75) is 19.8 Å². The van der Waals surface area contributed by atoms with Crippen molar-refractivity contribution in [3.05, 3.63) is 77.0 Å². The summed E-state index contributed by atoms with van der Waals surface area (Å²) in [7, 11) is 1.90. The van der Waals surface area contributed by atoms with Gasteiger partial charge in [-0.1, -0.05) is 36.4 Å². The van der Waals surface area contributed by atoms with Gasteiger partial charge < -0.3 is 0 Å². The molecule has 0 saturated heterocycles. The molecule has 0 aliphatic heterocycles. The van der Waals surface area contributed by atoms with Gasteiger partial charge in [0, 0.05) is 22.8 Å². The Morgan fingerprint density at radius 2 is 1.62 bits per heavy atom. The molecule has 0 saturated carbocycles. The number of aromatic nitrogens is 1. The number of aryl methyl sites for hydroxylation is 3. The highest BCUT2D eigenvalue weighted by molar-refractivity contribution is 5.87. The van der Waals surface area contributed by atoms with E-state index >= 15 is 8.78 Å². The minimum atomic E-state index is -2.98. The van der Waals surface area contributed by atoms with E-state index in [0.29, 0.717) is 16.7 Å². The van der Waals surface area contributed by atoms with Gasteiger partial charge in [-0.2, -0.15) is 8.78 Å². The van der Waals surface area contributed by atoms with E-state index in [-0.39, 0.29) is 11.1 Å². The predicted molar refractivity (Wildman–Crippen MR) is 91.0 cm³/mol. The number of hydrogen-bond donors (Lipinski definition) is 0. The Morgan fingerprint density at radius 3 is 2.38 bits per heavy atom. The second-order valence-electron chi connectivity index (χ2n) is 6.50. The number of fused-ring (bicyclic) bond motifs is 3. The lowest BCUT2D eigenvalue weighted by molar-refractivity contribution is -0.660. The Morgan fingerprint density at radius 1 is 0.875 bits per heavy atom. The number of rotatable bonds is 1. The average molecular weight is 322 g/mol. The molecule has 0 unspecified atom stereocenters. The van der Waals surface area contributed by atoms with E-state index in [1.165, 1.54) is 6.07 Å². The summed E-state index contributed by atoms with van der Waals surface area (Å²) in [5, 5.41) is 0. The zero-order valence-corrected chi connectivity index (χ0v) is 13.9. The third-order valence-electron chi connectivity index (χ3n) is 4.82. The molecule has 4 rings (SSSR count). The van der Waals surface area contributed by atoms with Crippen molar-refractivity contribution < 1.29 is 13.3 Å². The molecule has 120 valence electrons. The highest BCUT2D eigenvalue weighted by Crippen LogP contribution is 2.54. The number of benzene rings is 2. The Bertz CT molecular complexity index is 974. The maximum absolute atomic E-state index is 15.3. The molecule has 1 aliphatic rings. The highest BCUT2D eigenvalue weighted by Gasteiger charge is 2.47.